The van der Waals surface area contributed by atoms with Gasteiger partial charge >= 0.3 is 12.1 Å². The van der Waals surface area contributed by atoms with Crippen LogP contribution in [0, 0.1) is 6.92 Å². The number of aryl methyl sites for hydroxylation is 2. The van der Waals surface area contributed by atoms with Gasteiger partial charge in [0.2, 0.25) is 10.0 Å². The molecule has 174 valence electrons. The summed E-state index contributed by atoms with van der Waals surface area (Å²) in [6.07, 6.45) is -4.12. The maximum absolute atomic E-state index is 12.8. The molecule has 0 heterocycles. The Morgan fingerprint density at radius 1 is 1.16 bits per heavy atom. The zero-order chi connectivity index (χ0) is 24.1. The topological polar surface area (TPSA) is 102 Å². The van der Waals surface area contributed by atoms with Crippen LogP contribution in [0.2, 0.25) is 5.02 Å². The maximum atomic E-state index is 12.8. The molecule has 0 unspecified atom stereocenters. The smallest absolute Gasteiger partial charge is 0.416 e. The van der Waals surface area contributed by atoms with Crippen molar-refractivity contribution in [1.29, 1.82) is 0 Å². The number of anilines is 1. The predicted octanol–water partition coefficient (Wildman–Crippen LogP) is 3.69. The van der Waals surface area contributed by atoms with Crippen LogP contribution in [0.1, 0.15) is 23.6 Å². The van der Waals surface area contributed by atoms with Crippen LogP contribution in [-0.4, -0.2) is 33.4 Å². The van der Waals surface area contributed by atoms with Crippen LogP contribution in [0.4, 0.5) is 18.9 Å². The molecular formula is C20H20ClF3N2O5S. The SMILES string of the molecule is CCc1cccc(C)c1NC(=O)COC(=O)CNS(=O)(=O)c1cc(C(F)(F)F)ccc1Cl. The lowest BCUT2D eigenvalue weighted by molar-refractivity contribution is -0.146. The third-order valence-electron chi connectivity index (χ3n) is 4.32. The van der Waals surface area contributed by atoms with Gasteiger partial charge in [-0.05, 0) is 42.7 Å². The van der Waals surface area contributed by atoms with Gasteiger partial charge in [-0.3, -0.25) is 9.59 Å². The Balaban J connectivity index is 1.96. The van der Waals surface area contributed by atoms with E-state index in [9.17, 15) is 31.2 Å². The largest absolute Gasteiger partial charge is 0.455 e. The minimum Gasteiger partial charge on any atom is -0.455 e. The van der Waals surface area contributed by atoms with Gasteiger partial charge in [0.1, 0.15) is 11.4 Å². The second-order valence-electron chi connectivity index (χ2n) is 6.64. The van der Waals surface area contributed by atoms with Gasteiger partial charge in [0.15, 0.2) is 6.61 Å². The number of benzene rings is 2. The molecule has 0 aromatic heterocycles. The molecular weight excluding hydrogens is 473 g/mol. The number of amides is 1. The minimum absolute atomic E-state index is 0.358. The van der Waals surface area contributed by atoms with Crippen LogP contribution in [0.3, 0.4) is 0 Å². The molecule has 12 heteroatoms. The normalized spacial score (nSPS) is 11.8. The predicted molar refractivity (Wildman–Crippen MR) is 112 cm³/mol. The van der Waals surface area contributed by atoms with E-state index >= 15 is 0 Å². The highest BCUT2D eigenvalue weighted by Crippen LogP contribution is 2.33. The Kier molecular flexibility index (Phi) is 8.27. The summed E-state index contributed by atoms with van der Waals surface area (Å²) < 4.78 is 69.6. The number of alkyl halides is 3. The number of hydrogen-bond donors (Lipinski definition) is 2. The molecule has 0 fully saturated rings. The highest BCUT2D eigenvalue weighted by Gasteiger charge is 2.32. The summed E-state index contributed by atoms with van der Waals surface area (Å²) in [7, 11) is -4.55. The lowest BCUT2D eigenvalue weighted by Gasteiger charge is -2.13. The molecule has 2 aromatic rings. The van der Waals surface area contributed by atoms with E-state index in [0.717, 1.165) is 17.2 Å². The molecule has 2 aromatic carbocycles. The standard InChI is InChI=1S/C20H20ClF3N2O5S/c1-3-13-6-4-5-12(2)19(13)26-17(27)11-31-18(28)10-25-32(29,30)16-9-14(20(22,23)24)7-8-15(16)21/h4-9,25H,3,10-11H2,1-2H3,(H,26,27). The fourth-order valence-corrected chi connectivity index (χ4v) is 4.18. The molecule has 2 rings (SSSR count). The highest BCUT2D eigenvalue weighted by molar-refractivity contribution is 7.89. The average molecular weight is 493 g/mol. The van der Waals surface area contributed by atoms with Crippen molar-refractivity contribution in [2.75, 3.05) is 18.5 Å². The van der Waals surface area contributed by atoms with Crippen molar-refractivity contribution in [2.24, 2.45) is 0 Å². The Hall–Kier alpha value is -2.63. The molecule has 32 heavy (non-hydrogen) atoms. The van der Waals surface area contributed by atoms with E-state index in [1.807, 2.05) is 23.8 Å². The van der Waals surface area contributed by atoms with Gasteiger partial charge in [-0.15, -0.1) is 0 Å². The molecule has 0 spiro atoms. The number of rotatable bonds is 8. The zero-order valence-corrected chi connectivity index (χ0v) is 18.6. The van der Waals surface area contributed by atoms with Crippen molar-refractivity contribution < 1.29 is 35.9 Å². The summed E-state index contributed by atoms with van der Waals surface area (Å²) >= 11 is 5.71. The number of ether oxygens (including phenoxy) is 1. The minimum atomic E-state index is -4.78. The van der Waals surface area contributed by atoms with Crippen LogP contribution >= 0.6 is 11.6 Å². The molecule has 1 amide bonds. The number of nitrogens with one attached hydrogen (secondary N) is 2. The molecule has 0 radical (unpaired) electrons. The van der Waals surface area contributed by atoms with Crippen molar-refractivity contribution in [1.82, 2.24) is 4.72 Å². The Morgan fingerprint density at radius 3 is 2.47 bits per heavy atom. The van der Waals surface area contributed by atoms with Gasteiger partial charge in [0.05, 0.1) is 10.6 Å². The quantitative estimate of drug-likeness (QED) is 0.547. The number of sulfonamides is 1. The zero-order valence-electron chi connectivity index (χ0n) is 17.0. The summed E-state index contributed by atoms with van der Waals surface area (Å²) in [5, 5.41) is 2.18. The fraction of sp³-hybridized carbons (Fsp3) is 0.300. The van der Waals surface area contributed by atoms with Gasteiger partial charge in [0, 0.05) is 5.69 Å². The molecule has 0 saturated carbocycles. The highest BCUT2D eigenvalue weighted by atomic mass is 35.5. The lowest BCUT2D eigenvalue weighted by Crippen LogP contribution is -2.32. The van der Waals surface area contributed by atoms with Gasteiger partial charge in [0.25, 0.3) is 5.91 Å². The summed E-state index contributed by atoms with van der Waals surface area (Å²) in [6, 6.07) is 7.25. The number of halogens is 4. The van der Waals surface area contributed by atoms with Crippen LogP contribution in [0.15, 0.2) is 41.3 Å². The summed E-state index contributed by atoms with van der Waals surface area (Å²) in [6.45, 7) is 2.12. The number of carbonyl (C=O) groups excluding carboxylic acids is 2. The van der Waals surface area contributed by atoms with E-state index in [0.29, 0.717) is 24.2 Å². The lowest BCUT2D eigenvalue weighted by atomic mass is 10.1. The van der Waals surface area contributed by atoms with Crippen molar-refractivity contribution in [3.05, 3.63) is 58.1 Å². The molecule has 0 aliphatic heterocycles. The number of para-hydroxylation sites is 1. The third-order valence-corrected chi connectivity index (χ3v) is 6.21. The fourth-order valence-electron chi connectivity index (χ4n) is 2.69. The van der Waals surface area contributed by atoms with Crippen molar-refractivity contribution in [3.63, 3.8) is 0 Å². The van der Waals surface area contributed by atoms with E-state index in [2.05, 4.69) is 5.32 Å². The van der Waals surface area contributed by atoms with Gasteiger partial charge < -0.3 is 10.1 Å². The third kappa shape index (κ3) is 6.68. The Morgan fingerprint density at radius 2 is 1.84 bits per heavy atom. The van der Waals surface area contributed by atoms with Crippen LogP contribution in [0.5, 0.6) is 0 Å². The van der Waals surface area contributed by atoms with E-state index in [1.165, 1.54) is 0 Å². The Labute approximate surface area is 188 Å². The van der Waals surface area contributed by atoms with Crippen molar-refractivity contribution in [3.8, 4) is 0 Å². The maximum Gasteiger partial charge on any atom is 0.416 e. The van der Waals surface area contributed by atoms with E-state index in [-0.39, 0.29) is 0 Å². The van der Waals surface area contributed by atoms with Gasteiger partial charge in [-0.2, -0.15) is 17.9 Å². The number of hydrogen-bond acceptors (Lipinski definition) is 5. The molecule has 0 saturated heterocycles. The van der Waals surface area contributed by atoms with E-state index in [1.54, 1.807) is 13.0 Å². The first kappa shape index (κ1) is 25.6. The molecule has 0 aliphatic rings. The van der Waals surface area contributed by atoms with Crippen molar-refractivity contribution in [2.45, 2.75) is 31.3 Å². The van der Waals surface area contributed by atoms with Crippen LogP contribution < -0.4 is 10.0 Å². The summed E-state index contributed by atoms with van der Waals surface area (Å²) in [5.41, 5.74) is 1.07. The second kappa shape index (κ2) is 10.3. The average Bonchev–Trinajstić information content (AvgIpc) is 2.71. The van der Waals surface area contributed by atoms with Crippen LogP contribution in [0.25, 0.3) is 0 Å². The molecule has 7 nitrogen and oxygen atoms in total. The molecule has 2 N–H and O–H groups in total. The molecule has 0 atom stereocenters. The summed E-state index contributed by atoms with van der Waals surface area (Å²) in [4.78, 5) is 23.1. The second-order valence-corrected chi connectivity index (χ2v) is 8.78. The summed E-state index contributed by atoms with van der Waals surface area (Å²) in [5.74, 6) is -1.74. The van der Waals surface area contributed by atoms with Crippen molar-refractivity contribution >= 4 is 39.2 Å². The van der Waals surface area contributed by atoms with E-state index < -0.39 is 56.7 Å². The Bertz CT molecular complexity index is 1120. The molecule has 0 aliphatic carbocycles. The monoisotopic (exact) mass is 492 g/mol. The van der Waals surface area contributed by atoms with Gasteiger partial charge in [-0.1, -0.05) is 36.7 Å². The van der Waals surface area contributed by atoms with Crippen LogP contribution in [-0.2, 0) is 36.9 Å². The molecule has 0 bridgehead atoms. The number of carbonyl (C=O) groups is 2. The van der Waals surface area contributed by atoms with E-state index in [4.69, 9.17) is 16.3 Å². The first-order valence-electron chi connectivity index (χ1n) is 9.25. The van der Waals surface area contributed by atoms with Gasteiger partial charge in [-0.25, -0.2) is 8.42 Å². The first-order chi connectivity index (χ1) is 14.8. The number of esters is 1. The first-order valence-corrected chi connectivity index (χ1v) is 11.1.